The summed E-state index contributed by atoms with van der Waals surface area (Å²) in [5.74, 6) is 0.325. The van der Waals surface area contributed by atoms with Gasteiger partial charge in [0, 0.05) is 37.4 Å². The van der Waals surface area contributed by atoms with Crippen LogP contribution >= 0.6 is 0 Å². The highest BCUT2D eigenvalue weighted by Gasteiger charge is 2.21. The maximum absolute atomic E-state index is 12.4. The second kappa shape index (κ2) is 8.58. The number of methoxy groups -OCH3 is 1. The summed E-state index contributed by atoms with van der Waals surface area (Å²) >= 11 is 0. The van der Waals surface area contributed by atoms with Gasteiger partial charge in [0.15, 0.2) is 0 Å². The molecule has 0 spiro atoms. The van der Waals surface area contributed by atoms with Crippen molar-refractivity contribution in [3.8, 4) is 5.75 Å². The number of benzene rings is 2. The van der Waals surface area contributed by atoms with Crippen LogP contribution in [0.1, 0.15) is 15.9 Å². The van der Waals surface area contributed by atoms with Crippen LogP contribution in [0.25, 0.3) is 0 Å². The smallest absolute Gasteiger partial charge is 0.251 e. The van der Waals surface area contributed by atoms with Crippen molar-refractivity contribution in [1.82, 2.24) is 10.2 Å². The average Bonchev–Trinajstić information content (AvgIpc) is 2.73. The number of amides is 2. The van der Waals surface area contributed by atoms with Gasteiger partial charge in [0.2, 0.25) is 5.91 Å². The van der Waals surface area contributed by atoms with E-state index in [9.17, 15) is 9.59 Å². The number of ether oxygens (including phenoxy) is 1. The first-order valence-electron chi connectivity index (χ1n) is 9.09. The molecule has 3 rings (SSSR count). The summed E-state index contributed by atoms with van der Waals surface area (Å²) in [6.45, 7) is 4.81. The molecule has 1 heterocycles. The van der Waals surface area contributed by atoms with Crippen molar-refractivity contribution in [3.63, 3.8) is 0 Å². The monoisotopic (exact) mass is 367 g/mol. The number of piperazine rings is 1. The summed E-state index contributed by atoms with van der Waals surface area (Å²) in [5.41, 5.74) is 2.62. The molecule has 6 nitrogen and oxygen atoms in total. The van der Waals surface area contributed by atoms with Gasteiger partial charge < -0.3 is 19.9 Å². The number of anilines is 1. The lowest BCUT2D eigenvalue weighted by Crippen LogP contribution is -2.51. The van der Waals surface area contributed by atoms with Crippen LogP contribution in [0.2, 0.25) is 0 Å². The molecule has 0 bridgehead atoms. The van der Waals surface area contributed by atoms with Gasteiger partial charge in [0.25, 0.3) is 5.91 Å². The Morgan fingerprint density at radius 1 is 1.04 bits per heavy atom. The molecule has 0 unspecified atom stereocenters. The number of para-hydroxylation sites is 1. The number of hydrogen-bond acceptors (Lipinski definition) is 4. The molecule has 1 saturated heterocycles. The fraction of sp³-hybridized carbons (Fsp3) is 0.333. The van der Waals surface area contributed by atoms with Gasteiger partial charge in [-0.3, -0.25) is 9.59 Å². The third kappa shape index (κ3) is 4.58. The Kier molecular flexibility index (Phi) is 5.96. The van der Waals surface area contributed by atoms with E-state index in [0.717, 1.165) is 18.7 Å². The van der Waals surface area contributed by atoms with E-state index < -0.39 is 0 Å². The molecule has 0 atom stereocenters. The quantitative estimate of drug-likeness (QED) is 0.879. The van der Waals surface area contributed by atoms with Crippen molar-refractivity contribution < 1.29 is 14.3 Å². The van der Waals surface area contributed by atoms with Crippen LogP contribution < -0.4 is 15.0 Å². The molecule has 2 aromatic carbocycles. The van der Waals surface area contributed by atoms with Crippen LogP contribution in [0.4, 0.5) is 5.69 Å². The van der Waals surface area contributed by atoms with E-state index in [0.29, 0.717) is 24.4 Å². The van der Waals surface area contributed by atoms with Gasteiger partial charge >= 0.3 is 0 Å². The number of hydrogen-bond donors (Lipinski definition) is 1. The van der Waals surface area contributed by atoms with Crippen molar-refractivity contribution in [2.45, 2.75) is 6.92 Å². The van der Waals surface area contributed by atoms with E-state index in [4.69, 9.17) is 4.74 Å². The van der Waals surface area contributed by atoms with Crippen LogP contribution in [-0.2, 0) is 4.79 Å². The van der Waals surface area contributed by atoms with Crippen LogP contribution in [0.5, 0.6) is 5.75 Å². The van der Waals surface area contributed by atoms with Crippen molar-refractivity contribution in [2.75, 3.05) is 44.7 Å². The Bertz CT molecular complexity index is 800. The Hall–Kier alpha value is -3.02. The largest absolute Gasteiger partial charge is 0.496 e. The van der Waals surface area contributed by atoms with Gasteiger partial charge in [-0.15, -0.1) is 0 Å². The van der Waals surface area contributed by atoms with Gasteiger partial charge in [-0.25, -0.2) is 0 Å². The molecule has 27 heavy (non-hydrogen) atoms. The minimum absolute atomic E-state index is 0.000359. The molecule has 1 aliphatic heterocycles. The lowest BCUT2D eigenvalue weighted by atomic mass is 10.1. The first-order valence-corrected chi connectivity index (χ1v) is 9.09. The fourth-order valence-corrected chi connectivity index (χ4v) is 3.18. The molecule has 2 aromatic rings. The number of carbonyl (C=O) groups is 2. The Balaban J connectivity index is 1.49. The zero-order chi connectivity index (χ0) is 19.2. The van der Waals surface area contributed by atoms with E-state index in [1.54, 1.807) is 24.1 Å². The van der Waals surface area contributed by atoms with E-state index in [1.165, 1.54) is 5.69 Å². The van der Waals surface area contributed by atoms with Crippen molar-refractivity contribution in [2.24, 2.45) is 0 Å². The normalized spacial score (nSPS) is 14.0. The predicted molar refractivity (Wildman–Crippen MR) is 105 cm³/mol. The molecule has 0 aliphatic carbocycles. The molecule has 6 heteroatoms. The van der Waals surface area contributed by atoms with Crippen molar-refractivity contribution >= 4 is 17.5 Å². The zero-order valence-corrected chi connectivity index (χ0v) is 15.8. The number of nitrogens with one attached hydrogen (secondary N) is 1. The maximum Gasteiger partial charge on any atom is 0.251 e. The highest BCUT2D eigenvalue weighted by atomic mass is 16.5. The second-order valence-electron chi connectivity index (χ2n) is 6.57. The van der Waals surface area contributed by atoms with E-state index in [1.807, 2.05) is 31.2 Å². The minimum Gasteiger partial charge on any atom is -0.496 e. The van der Waals surface area contributed by atoms with Crippen LogP contribution in [-0.4, -0.2) is 56.5 Å². The number of nitrogens with zero attached hydrogens (tertiary/aromatic N) is 2. The van der Waals surface area contributed by atoms with Gasteiger partial charge in [-0.1, -0.05) is 24.3 Å². The number of carbonyl (C=O) groups excluding carboxylic acids is 2. The average molecular weight is 367 g/mol. The van der Waals surface area contributed by atoms with Crippen LogP contribution in [0.15, 0.2) is 48.5 Å². The zero-order valence-electron chi connectivity index (χ0n) is 15.8. The molecule has 142 valence electrons. The van der Waals surface area contributed by atoms with Crippen LogP contribution in [0, 0.1) is 6.92 Å². The van der Waals surface area contributed by atoms with Gasteiger partial charge in [0.1, 0.15) is 5.75 Å². The summed E-state index contributed by atoms with van der Waals surface area (Å²) in [4.78, 5) is 28.8. The second-order valence-corrected chi connectivity index (χ2v) is 6.57. The van der Waals surface area contributed by atoms with E-state index in [2.05, 4.69) is 22.3 Å². The summed E-state index contributed by atoms with van der Waals surface area (Å²) in [6.07, 6.45) is 0. The van der Waals surface area contributed by atoms with E-state index in [-0.39, 0.29) is 18.4 Å². The van der Waals surface area contributed by atoms with E-state index >= 15 is 0 Å². The molecule has 1 aliphatic rings. The SMILES string of the molecule is COc1cc(C(=O)NCC(=O)N2CCN(c3ccccc3)CC2)ccc1C. The summed E-state index contributed by atoms with van der Waals surface area (Å²) in [6, 6.07) is 15.4. The molecule has 2 amide bonds. The number of rotatable bonds is 5. The number of aryl methyl sites for hydroxylation is 1. The first kappa shape index (κ1) is 18.8. The molecule has 1 fully saturated rings. The predicted octanol–water partition coefficient (Wildman–Crippen LogP) is 2.08. The highest BCUT2D eigenvalue weighted by molar-refractivity contribution is 5.96. The summed E-state index contributed by atoms with van der Waals surface area (Å²) < 4.78 is 5.24. The maximum atomic E-state index is 12.4. The molecule has 0 radical (unpaired) electrons. The summed E-state index contributed by atoms with van der Waals surface area (Å²) in [7, 11) is 1.57. The topological polar surface area (TPSA) is 61.9 Å². The van der Waals surface area contributed by atoms with Crippen molar-refractivity contribution in [3.05, 3.63) is 59.7 Å². The molecule has 1 N–H and O–H groups in total. The Morgan fingerprint density at radius 2 is 1.74 bits per heavy atom. The van der Waals surface area contributed by atoms with Gasteiger partial charge in [-0.2, -0.15) is 0 Å². The Labute approximate surface area is 159 Å². The highest BCUT2D eigenvalue weighted by Crippen LogP contribution is 2.19. The van der Waals surface area contributed by atoms with Crippen LogP contribution in [0.3, 0.4) is 0 Å². The molecule has 0 aromatic heterocycles. The third-order valence-corrected chi connectivity index (χ3v) is 4.82. The molecular formula is C21H25N3O3. The molecule has 0 saturated carbocycles. The Morgan fingerprint density at radius 3 is 2.41 bits per heavy atom. The minimum atomic E-state index is -0.274. The van der Waals surface area contributed by atoms with Crippen molar-refractivity contribution in [1.29, 1.82) is 0 Å². The lowest BCUT2D eigenvalue weighted by molar-refractivity contribution is -0.130. The third-order valence-electron chi connectivity index (χ3n) is 4.82. The first-order chi connectivity index (χ1) is 13.1. The van der Waals surface area contributed by atoms with Gasteiger partial charge in [0.05, 0.1) is 13.7 Å². The summed E-state index contributed by atoms with van der Waals surface area (Å²) in [5, 5.41) is 2.71. The standard InChI is InChI=1S/C21H25N3O3/c1-16-8-9-17(14-19(16)27-2)21(26)22-15-20(25)24-12-10-23(11-13-24)18-6-4-3-5-7-18/h3-9,14H,10-13,15H2,1-2H3,(H,22,26). The lowest BCUT2D eigenvalue weighted by Gasteiger charge is -2.36. The molecular weight excluding hydrogens is 342 g/mol. The fourth-order valence-electron chi connectivity index (χ4n) is 3.18. The van der Waals surface area contributed by atoms with Gasteiger partial charge in [-0.05, 0) is 36.8 Å².